The average Bonchev–Trinajstić information content (AvgIpc) is 3.03. The van der Waals surface area contributed by atoms with Crippen LogP contribution in [0.15, 0.2) is 42.6 Å². The third-order valence-electron chi connectivity index (χ3n) is 6.32. The smallest absolute Gasteiger partial charge is 0.493 e. The first-order chi connectivity index (χ1) is 20.5. The maximum Gasteiger partial charge on any atom is 0.510 e. The molecule has 1 N–H and O–H groups in total. The highest BCUT2D eigenvalue weighted by molar-refractivity contribution is 5.98. The average molecular weight is 603 g/mol. The molecule has 0 aliphatic carbocycles. The summed E-state index contributed by atoms with van der Waals surface area (Å²) < 4.78 is 36.4. The van der Waals surface area contributed by atoms with Crippen LogP contribution in [0.1, 0.15) is 36.8 Å². The van der Waals surface area contributed by atoms with E-state index in [0.717, 1.165) is 12.7 Å². The Morgan fingerprint density at radius 1 is 1.07 bits per heavy atom. The molecule has 43 heavy (non-hydrogen) atoms. The lowest BCUT2D eigenvalue weighted by Crippen LogP contribution is -2.47. The number of carbonyl (C=O) groups is 5. The molecule has 3 rings (SSSR count). The predicted octanol–water partition coefficient (Wildman–Crippen LogP) is 2.22. The second-order valence-corrected chi connectivity index (χ2v) is 9.70. The van der Waals surface area contributed by atoms with Crippen molar-refractivity contribution in [3.05, 3.63) is 53.9 Å². The van der Waals surface area contributed by atoms with E-state index in [1.54, 1.807) is 38.1 Å². The minimum Gasteiger partial charge on any atom is -0.493 e. The maximum absolute atomic E-state index is 13.4. The van der Waals surface area contributed by atoms with E-state index < -0.39 is 73.5 Å². The summed E-state index contributed by atoms with van der Waals surface area (Å²) in [5.74, 6) is -4.85. The fraction of sp³-hybridized carbons (Fsp3) is 0.448. The van der Waals surface area contributed by atoms with Crippen molar-refractivity contribution >= 4 is 30.0 Å². The van der Waals surface area contributed by atoms with Crippen molar-refractivity contribution in [2.75, 3.05) is 27.6 Å². The molecule has 1 amide bonds. The zero-order valence-electron chi connectivity index (χ0n) is 24.4. The van der Waals surface area contributed by atoms with Gasteiger partial charge in [0.25, 0.3) is 5.91 Å². The van der Waals surface area contributed by atoms with Crippen molar-refractivity contribution in [2.24, 2.45) is 11.8 Å². The van der Waals surface area contributed by atoms with E-state index in [1.807, 2.05) is 6.07 Å². The van der Waals surface area contributed by atoms with Gasteiger partial charge in [-0.1, -0.05) is 44.2 Å². The van der Waals surface area contributed by atoms with Crippen molar-refractivity contribution < 1.29 is 57.1 Å². The number of cyclic esters (lactones) is 2. The first kappa shape index (κ1) is 32.6. The molecule has 1 aliphatic rings. The molecule has 0 spiro atoms. The van der Waals surface area contributed by atoms with Gasteiger partial charge >= 0.3 is 24.1 Å². The fourth-order valence-electron chi connectivity index (χ4n) is 4.07. The zero-order valence-corrected chi connectivity index (χ0v) is 24.4. The van der Waals surface area contributed by atoms with E-state index in [0.29, 0.717) is 0 Å². The summed E-state index contributed by atoms with van der Waals surface area (Å²) in [4.78, 5) is 67.7. The second-order valence-electron chi connectivity index (χ2n) is 9.70. The number of nitrogens with one attached hydrogen (secondary N) is 1. The standard InChI is InChI=1S/C29H34N2O12/c1-16(2)26(33)43-23-17(3)42-28(35)20(14-39-27(34)19(23)13-18-9-7-6-8-10-18)31-25(32)22-24(21(37-4)11-12-30-22)40-15-41-29(36)38-5/h6-12,16-17,19-20,23H,13-15H2,1-5H3,(H,31,32). The molecular formula is C29H34N2O12. The van der Waals surface area contributed by atoms with Crippen LogP contribution in [0.5, 0.6) is 11.5 Å². The van der Waals surface area contributed by atoms with Crippen LogP contribution in [0, 0.1) is 11.8 Å². The number of hydrogen-bond acceptors (Lipinski definition) is 13. The van der Waals surface area contributed by atoms with Crippen molar-refractivity contribution in [1.82, 2.24) is 10.3 Å². The van der Waals surface area contributed by atoms with Crippen molar-refractivity contribution in [1.29, 1.82) is 0 Å². The molecular weight excluding hydrogens is 568 g/mol. The van der Waals surface area contributed by atoms with Gasteiger partial charge in [0, 0.05) is 12.3 Å². The number of hydrogen-bond donors (Lipinski definition) is 1. The molecule has 4 atom stereocenters. The summed E-state index contributed by atoms with van der Waals surface area (Å²) in [5, 5.41) is 2.43. The molecule has 232 valence electrons. The number of amides is 1. The highest BCUT2D eigenvalue weighted by Gasteiger charge is 2.42. The van der Waals surface area contributed by atoms with Crippen LogP contribution < -0.4 is 14.8 Å². The molecule has 0 saturated carbocycles. The molecule has 1 fully saturated rings. The van der Waals surface area contributed by atoms with Crippen LogP contribution in [-0.4, -0.2) is 80.8 Å². The molecule has 4 unspecified atom stereocenters. The number of carbonyl (C=O) groups excluding carboxylic acids is 5. The van der Waals surface area contributed by atoms with Crippen LogP contribution in [-0.2, 0) is 44.5 Å². The second kappa shape index (κ2) is 15.4. The number of benzene rings is 1. The first-order valence-corrected chi connectivity index (χ1v) is 13.3. The van der Waals surface area contributed by atoms with Crippen LogP contribution in [0.4, 0.5) is 4.79 Å². The number of methoxy groups -OCH3 is 2. The number of esters is 3. The van der Waals surface area contributed by atoms with Gasteiger partial charge < -0.3 is 38.5 Å². The van der Waals surface area contributed by atoms with Gasteiger partial charge in [0.1, 0.15) is 18.6 Å². The van der Waals surface area contributed by atoms with Crippen LogP contribution in [0.2, 0.25) is 0 Å². The van der Waals surface area contributed by atoms with E-state index in [-0.39, 0.29) is 23.6 Å². The minimum absolute atomic E-state index is 0.0734. The summed E-state index contributed by atoms with van der Waals surface area (Å²) in [7, 11) is 2.42. The van der Waals surface area contributed by atoms with Crippen molar-refractivity contribution in [2.45, 2.75) is 45.4 Å². The predicted molar refractivity (Wildman–Crippen MR) is 146 cm³/mol. The van der Waals surface area contributed by atoms with Crippen LogP contribution >= 0.6 is 0 Å². The highest BCUT2D eigenvalue weighted by atomic mass is 16.8. The lowest BCUT2D eigenvalue weighted by molar-refractivity contribution is -0.176. The molecule has 1 aromatic heterocycles. The summed E-state index contributed by atoms with van der Waals surface area (Å²) >= 11 is 0. The third kappa shape index (κ3) is 8.80. The third-order valence-corrected chi connectivity index (χ3v) is 6.32. The Morgan fingerprint density at radius 2 is 1.79 bits per heavy atom. The normalized spacial score (nSPS) is 20.3. The topological polar surface area (TPSA) is 175 Å². The monoisotopic (exact) mass is 602 g/mol. The summed E-state index contributed by atoms with van der Waals surface area (Å²) in [6.07, 6.45) is -1.89. The highest BCUT2D eigenvalue weighted by Crippen LogP contribution is 2.30. The van der Waals surface area contributed by atoms with Gasteiger partial charge in [-0.15, -0.1) is 0 Å². The van der Waals surface area contributed by atoms with Crippen LogP contribution in [0.3, 0.4) is 0 Å². The molecule has 0 radical (unpaired) electrons. The molecule has 1 aliphatic heterocycles. The van der Waals surface area contributed by atoms with E-state index in [1.165, 1.54) is 26.3 Å². The van der Waals surface area contributed by atoms with Gasteiger partial charge in [-0.3, -0.25) is 14.4 Å². The lowest BCUT2D eigenvalue weighted by Gasteiger charge is -2.29. The lowest BCUT2D eigenvalue weighted by atomic mass is 9.91. The summed E-state index contributed by atoms with van der Waals surface area (Å²) in [6.45, 7) is 3.53. The van der Waals surface area contributed by atoms with Gasteiger partial charge in [0.2, 0.25) is 6.79 Å². The molecule has 14 heteroatoms. The summed E-state index contributed by atoms with van der Waals surface area (Å²) in [6, 6.07) is 8.95. The Labute approximate surface area is 247 Å². The SMILES string of the molecule is COC(=O)OCOc1c(OC)ccnc1C(=O)NC1COC(=O)C(Cc2ccccc2)C(OC(=O)C(C)C)C(C)OC1=O. The Bertz CT molecular complexity index is 1300. The number of ether oxygens (including phenoxy) is 7. The Morgan fingerprint density at radius 3 is 2.44 bits per heavy atom. The number of rotatable bonds is 10. The Balaban J connectivity index is 1.86. The largest absolute Gasteiger partial charge is 0.510 e. The van der Waals surface area contributed by atoms with Crippen LogP contribution in [0.25, 0.3) is 0 Å². The number of nitrogens with zero attached hydrogens (tertiary/aromatic N) is 1. The Kier molecular flexibility index (Phi) is 11.7. The molecule has 1 aromatic carbocycles. The molecule has 1 saturated heterocycles. The van der Waals surface area contributed by atoms with Gasteiger partial charge in [-0.05, 0) is 18.9 Å². The molecule has 2 aromatic rings. The molecule has 2 heterocycles. The van der Waals surface area contributed by atoms with E-state index in [9.17, 15) is 24.0 Å². The summed E-state index contributed by atoms with van der Waals surface area (Å²) in [5.41, 5.74) is 0.441. The van der Waals surface area contributed by atoms with E-state index >= 15 is 0 Å². The van der Waals surface area contributed by atoms with Crippen molar-refractivity contribution in [3.8, 4) is 11.5 Å². The zero-order chi connectivity index (χ0) is 31.5. The van der Waals surface area contributed by atoms with Gasteiger partial charge in [0.05, 0.1) is 20.1 Å². The minimum atomic E-state index is -1.47. The number of pyridine rings is 1. The fourth-order valence-corrected chi connectivity index (χ4v) is 4.07. The van der Waals surface area contributed by atoms with Gasteiger partial charge in [-0.25, -0.2) is 14.6 Å². The van der Waals surface area contributed by atoms with Crippen molar-refractivity contribution in [3.63, 3.8) is 0 Å². The quantitative estimate of drug-likeness (QED) is 0.238. The number of aromatic nitrogens is 1. The first-order valence-electron chi connectivity index (χ1n) is 13.3. The van der Waals surface area contributed by atoms with Gasteiger partial charge in [0.15, 0.2) is 29.3 Å². The van der Waals surface area contributed by atoms with E-state index in [4.69, 9.17) is 28.4 Å². The maximum atomic E-state index is 13.4. The van der Waals surface area contributed by atoms with Gasteiger partial charge in [-0.2, -0.15) is 0 Å². The molecule has 0 bridgehead atoms. The Hall–Kier alpha value is -4.88. The molecule has 14 nitrogen and oxygen atoms in total. The van der Waals surface area contributed by atoms with E-state index in [2.05, 4.69) is 15.0 Å².